The molecule has 54 valence electrons. The molecule has 2 heteroatoms. The van der Waals surface area contributed by atoms with Crippen molar-refractivity contribution in [3.63, 3.8) is 0 Å². The molecule has 10 heavy (non-hydrogen) atoms. The fraction of sp³-hybridized carbons (Fsp3) is 0.375. The van der Waals surface area contributed by atoms with Crippen LogP contribution in [0.25, 0.3) is 0 Å². The van der Waals surface area contributed by atoms with E-state index in [0.717, 1.165) is 42.1 Å². The molecule has 0 saturated carbocycles. The predicted octanol–water partition coefficient (Wildman–Crippen LogP) is 1.74. The van der Waals surface area contributed by atoms with Gasteiger partial charge in [0.2, 0.25) is 0 Å². The number of carbonyl (C=O) groups excluding carboxylic acids is 1. The third-order valence-electron chi connectivity index (χ3n) is 1.93. The molecule has 0 aromatic carbocycles. The lowest BCUT2D eigenvalue weighted by Crippen LogP contribution is -1.80. The number of allylic oxidation sites excluding steroid dienone is 3. The van der Waals surface area contributed by atoms with Crippen molar-refractivity contribution in [2.75, 3.05) is 0 Å². The molecule has 1 rings (SSSR count). The van der Waals surface area contributed by atoms with Crippen LogP contribution in [-0.4, -0.2) is 11.4 Å². The Hall–Kier alpha value is -1.05. The third-order valence-corrected chi connectivity index (χ3v) is 1.93. The van der Waals surface area contributed by atoms with Crippen molar-refractivity contribution < 1.29 is 9.90 Å². The highest BCUT2D eigenvalue weighted by atomic mass is 16.2. The minimum Gasteiger partial charge on any atom is -0.515 e. The minimum atomic E-state index is 0.779. The van der Waals surface area contributed by atoms with E-state index in [0.29, 0.717) is 0 Å². The van der Waals surface area contributed by atoms with Crippen LogP contribution in [-0.2, 0) is 4.79 Å². The van der Waals surface area contributed by atoms with Gasteiger partial charge in [-0.3, -0.25) is 4.79 Å². The van der Waals surface area contributed by atoms with Crippen LogP contribution in [0.3, 0.4) is 0 Å². The zero-order valence-corrected chi connectivity index (χ0v) is 5.92. The van der Waals surface area contributed by atoms with E-state index in [4.69, 9.17) is 5.11 Å². The standard InChI is InChI=1S/C8H10O2/c1-6-7(4-9)2-3-8(6)5-10/h4-5,9H,2-3H2,1H3/b7-4+. The SMILES string of the molecule is CC1=C(C=O)CC/C1=C\O. The second kappa shape index (κ2) is 2.69. The molecule has 2 nitrogen and oxygen atoms in total. The van der Waals surface area contributed by atoms with E-state index in [9.17, 15) is 4.79 Å². The average Bonchev–Trinajstić information content (AvgIpc) is 2.30. The Morgan fingerprint density at radius 2 is 2.20 bits per heavy atom. The first-order valence-corrected chi connectivity index (χ1v) is 3.28. The lowest BCUT2D eigenvalue weighted by atomic mass is 10.1. The van der Waals surface area contributed by atoms with E-state index in [2.05, 4.69) is 0 Å². The highest BCUT2D eigenvalue weighted by Crippen LogP contribution is 2.28. The van der Waals surface area contributed by atoms with Crippen LogP contribution in [0.4, 0.5) is 0 Å². The number of aliphatic hydroxyl groups excluding tert-OH is 1. The minimum absolute atomic E-state index is 0.779. The number of carbonyl (C=O) groups is 1. The van der Waals surface area contributed by atoms with Gasteiger partial charge in [0.15, 0.2) is 0 Å². The summed E-state index contributed by atoms with van der Waals surface area (Å²) in [5, 5.41) is 8.64. The quantitative estimate of drug-likeness (QED) is 0.442. The first kappa shape index (κ1) is 7.06. The van der Waals surface area contributed by atoms with Crippen molar-refractivity contribution >= 4 is 6.29 Å². The highest BCUT2D eigenvalue weighted by molar-refractivity contribution is 5.77. The molecule has 1 N–H and O–H groups in total. The van der Waals surface area contributed by atoms with E-state index in [1.807, 2.05) is 6.92 Å². The highest BCUT2D eigenvalue weighted by Gasteiger charge is 2.14. The molecule has 0 unspecified atom stereocenters. The zero-order chi connectivity index (χ0) is 7.56. The van der Waals surface area contributed by atoms with Gasteiger partial charge >= 0.3 is 0 Å². The van der Waals surface area contributed by atoms with Gasteiger partial charge in [0, 0.05) is 0 Å². The Balaban J connectivity index is 2.94. The van der Waals surface area contributed by atoms with E-state index in [1.54, 1.807) is 0 Å². The summed E-state index contributed by atoms with van der Waals surface area (Å²) in [7, 11) is 0. The largest absolute Gasteiger partial charge is 0.515 e. The van der Waals surface area contributed by atoms with Crippen LogP contribution in [0.1, 0.15) is 19.8 Å². The van der Waals surface area contributed by atoms with Gasteiger partial charge in [-0.15, -0.1) is 0 Å². The van der Waals surface area contributed by atoms with Gasteiger partial charge in [0.05, 0.1) is 6.26 Å². The fourth-order valence-corrected chi connectivity index (χ4v) is 1.16. The summed E-state index contributed by atoms with van der Waals surface area (Å²) < 4.78 is 0. The van der Waals surface area contributed by atoms with Crippen LogP contribution in [0, 0.1) is 0 Å². The van der Waals surface area contributed by atoms with E-state index in [-0.39, 0.29) is 0 Å². The summed E-state index contributed by atoms with van der Waals surface area (Å²) >= 11 is 0. The maximum atomic E-state index is 10.3. The van der Waals surface area contributed by atoms with Gasteiger partial charge in [-0.25, -0.2) is 0 Å². The lowest BCUT2D eigenvalue weighted by molar-refractivity contribution is -0.105. The number of aliphatic hydroxyl groups is 1. The normalized spacial score (nSPS) is 22.3. The Kier molecular flexibility index (Phi) is 1.90. The molecular formula is C8H10O2. The Labute approximate surface area is 59.9 Å². The number of rotatable bonds is 1. The van der Waals surface area contributed by atoms with Gasteiger partial charge in [0.25, 0.3) is 0 Å². The number of aldehydes is 1. The van der Waals surface area contributed by atoms with Crippen molar-refractivity contribution in [3.05, 3.63) is 23.0 Å². The molecule has 0 aliphatic heterocycles. The molecular weight excluding hydrogens is 128 g/mol. The first-order valence-electron chi connectivity index (χ1n) is 3.28. The number of hydrogen-bond donors (Lipinski definition) is 1. The van der Waals surface area contributed by atoms with Crippen LogP contribution in [0.2, 0.25) is 0 Å². The Morgan fingerprint density at radius 3 is 2.50 bits per heavy atom. The van der Waals surface area contributed by atoms with Crippen LogP contribution < -0.4 is 0 Å². The molecule has 1 aliphatic carbocycles. The van der Waals surface area contributed by atoms with Crippen molar-refractivity contribution in [2.45, 2.75) is 19.8 Å². The van der Waals surface area contributed by atoms with E-state index in [1.165, 1.54) is 0 Å². The van der Waals surface area contributed by atoms with Crippen LogP contribution >= 0.6 is 0 Å². The Morgan fingerprint density at radius 1 is 1.50 bits per heavy atom. The van der Waals surface area contributed by atoms with Crippen molar-refractivity contribution in [1.82, 2.24) is 0 Å². The van der Waals surface area contributed by atoms with Crippen LogP contribution in [0.15, 0.2) is 23.0 Å². The smallest absolute Gasteiger partial charge is 0.146 e. The van der Waals surface area contributed by atoms with Crippen LogP contribution in [0.5, 0.6) is 0 Å². The Bertz CT molecular complexity index is 211. The fourth-order valence-electron chi connectivity index (χ4n) is 1.16. The van der Waals surface area contributed by atoms with Crippen molar-refractivity contribution in [3.8, 4) is 0 Å². The van der Waals surface area contributed by atoms with Crippen molar-refractivity contribution in [1.29, 1.82) is 0 Å². The maximum Gasteiger partial charge on any atom is 0.146 e. The van der Waals surface area contributed by atoms with Gasteiger partial charge in [-0.1, -0.05) is 0 Å². The summed E-state index contributed by atoms with van der Waals surface area (Å²) in [6.45, 7) is 1.86. The topological polar surface area (TPSA) is 37.3 Å². The lowest BCUT2D eigenvalue weighted by Gasteiger charge is -1.93. The van der Waals surface area contributed by atoms with Gasteiger partial charge in [0.1, 0.15) is 6.29 Å². The van der Waals surface area contributed by atoms with Gasteiger partial charge in [-0.05, 0) is 36.5 Å². The summed E-state index contributed by atoms with van der Waals surface area (Å²) in [5.74, 6) is 0. The molecule has 0 amide bonds. The van der Waals surface area contributed by atoms with E-state index >= 15 is 0 Å². The summed E-state index contributed by atoms with van der Waals surface area (Å²) in [6, 6.07) is 0. The predicted molar refractivity (Wildman–Crippen MR) is 38.7 cm³/mol. The second-order valence-corrected chi connectivity index (χ2v) is 2.42. The molecule has 0 fully saturated rings. The van der Waals surface area contributed by atoms with Gasteiger partial charge in [-0.2, -0.15) is 0 Å². The molecule has 0 radical (unpaired) electrons. The second-order valence-electron chi connectivity index (χ2n) is 2.42. The van der Waals surface area contributed by atoms with Crippen molar-refractivity contribution in [2.24, 2.45) is 0 Å². The zero-order valence-electron chi connectivity index (χ0n) is 5.92. The molecule has 0 atom stereocenters. The molecule has 0 bridgehead atoms. The summed E-state index contributed by atoms with van der Waals surface area (Å²) in [5.41, 5.74) is 2.65. The molecule has 0 spiro atoms. The maximum absolute atomic E-state index is 10.3. The molecule has 0 aromatic heterocycles. The summed E-state index contributed by atoms with van der Waals surface area (Å²) in [4.78, 5) is 10.3. The van der Waals surface area contributed by atoms with E-state index < -0.39 is 0 Å². The monoisotopic (exact) mass is 138 g/mol. The molecule has 1 aliphatic rings. The molecule has 0 aromatic rings. The molecule has 0 saturated heterocycles. The number of hydrogen-bond acceptors (Lipinski definition) is 2. The molecule has 0 heterocycles. The summed E-state index contributed by atoms with van der Waals surface area (Å²) in [6.07, 6.45) is 3.54. The first-order chi connectivity index (χ1) is 4.79. The average molecular weight is 138 g/mol. The van der Waals surface area contributed by atoms with Gasteiger partial charge < -0.3 is 5.11 Å². The third kappa shape index (κ3) is 0.967.